The van der Waals surface area contributed by atoms with E-state index in [2.05, 4.69) is 5.32 Å². The lowest BCUT2D eigenvalue weighted by molar-refractivity contribution is 0.588. The van der Waals surface area contributed by atoms with E-state index in [-0.39, 0.29) is 11.0 Å². The van der Waals surface area contributed by atoms with E-state index in [0.717, 1.165) is 11.3 Å². The second-order valence-corrected chi connectivity index (χ2v) is 7.39. The average Bonchev–Trinajstić information content (AvgIpc) is 2.23. The molecule has 0 bridgehead atoms. The van der Waals surface area contributed by atoms with Gasteiger partial charge in [0, 0.05) is 17.3 Å². The van der Waals surface area contributed by atoms with E-state index in [1.165, 1.54) is 0 Å². The van der Waals surface area contributed by atoms with Crippen LogP contribution in [0.3, 0.4) is 0 Å². The van der Waals surface area contributed by atoms with Crippen molar-refractivity contribution in [1.82, 2.24) is 0 Å². The zero-order valence-electron chi connectivity index (χ0n) is 10.3. The summed E-state index contributed by atoms with van der Waals surface area (Å²) in [6, 6.07) is 5.60. The van der Waals surface area contributed by atoms with Crippen LogP contribution < -0.4 is 5.32 Å². The molecule has 0 fully saturated rings. The largest absolute Gasteiger partial charge is 0.384 e. The summed E-state index contributed by atoms with van der Waals surface area (Å²) in [7, 11) is -2.98. The van der Waals surface area contributed by atoms with Gasteiger partial charge in [-0.05, 0) is 38.5 Å². The molecule has 0 aromatic heterocycles. The van der Waals surface area contributed by atoms with Crippen molar-refractivity contribution in [2.24, 2.45) is 0 Å². The molecule has 0 aliphatic heterocycles. The first-order valence-corrected chi connectivity index (χ1v) is 7.64. The summed E-state index contributed by atoms with van der Waals surface area (Å²) in [5.74, 6) is 0.135. The molecule has 0 aliphatic rings. The van der Waals surface area contributed by atoms with Crippen molar-refractivity contribution in [2.75, 3.05) is 17.6 Å². The van der Waals surface area contributed by atoms with Crippen LogP contribution >= 0.6 is 11.6 Å². The summed E-state index contributed by atoms with van der Waals surface area (Å²) in [4.78, 5) is 0. The molecule has 0 radical (unpaired) electrons. The predicted octanol–water partition coefficient (Wildman–Crippen LogP) is 2.88. The maximum absolute atomic E-state index is 11.6. The normalized spacial score (nSPS) is 11.8. The summed E-state index contributed by atoms with van der Waals surface area (Å²) in [5, 5.41) is 3.41. The Kier molecular flexibility index (Phi) is 4.83. The highest BCUT2D eigenvalue weighted by Crippen LogP contribution is 2.19. The van der Waals surface area contributed by atoms with Gasteiger partial charge in [0.15, 0.2) is 9.84 Å². The van der Waals surface area contributed by atoms with Gasteiger partial charge >= 0.3 is 0 Å². The smallest absolute Gasteiger partial charge is 0.154 e. The Hall–Kier alpha value is -0.740. The van der Waals surface area contributed by atoms with Crippen LogP contribution in [0, 0.1) is 6.92 Å². The number of aryl methyl sites for hydroxylation is 1. The Balaban J connectivity index is 2.55. The van der Waals surface area contributed by atoms with E-state index in [0.29, 0.717) is 11.6 Å². The second-order valence-electron chi connectivity index (χ2n) is 4.31. The van der Waals surface area contributed by atoms with Gasteiger partial charge in [-0.25, -0.2) is 8.42 Å². The number of hydrogen-bond donors (Lipinski definition) is 1. The summed E-state index contributed by atoms with van der Waals surface area (Å²) >= 11 is 5.97. The SMILES string of the molecule is Cc1ccc(NCCS(=O)(=O)C(C)C)cc1Cl. The first kappa shape index (κ1) is 14.3. The molecule has 0 spiro atoms. The maximum Gasteiger partial charge on any atom is 0.154 e. The molecule has 3 nitrogen and oxygen atoms in total. The van der Waals surface area contributed by atoms with Gasteiger partial charge in [0.2, 0.25) is 0 Å². The van der Waals surface area contributed by atoms with Crippen LogP contribution in [0.15, 0.2) is 18.2 Å². The van der Waals surface area contributed by atoms with Gasteiger partial charge in [-0.2, -0.15) is 0 Å². The molecule has 1 aromatic rings. The number of rotatable bonds is 5. The number of anilines is 1. The third kappa shape index (κ3) is 4.21. The van der Waals surface area contributed by atoms with Crippen molar-refractivity contribution in [2.45, 2.75) is 26.0 Å². The Morgan fingerprint density at radius 3 is 2.53 bits per heavy atom. The van der Waals surface area contributed by atoms with Gasteiger partial charge in [-0.1, -0.05) is 17.7 Å². The Labute approximate surface area is 108 Å². The molecular weight excluding hydrogens is 258 g/mol. The van der Waals surface area contributed by atoms with E-state index < -0.39 is 9.84 Å². The number of sulfone groups is 1. The molecule has 96 valence electrons. The molecule has 1 rings (SSSR count). The van der Waals surface area contributed by atoms with Crippen molar-refractivity contribution in [3.8, 4) is 0 Å². The van der Waals surface area contributed by atoms with Gasteiger partial charge in [0.05, 0.1) is 11.0 Å². The van der Waals surface area contributed by atoms with E-state index >= 15 is 0 Å². The number of halogens is 1. The van der Waals surface area contributed by atoms with E-state index in [1.54, 1.807) is 19.9 Å². The zero-order chi connectivity index (χ0) is 13.1. The monoisotopic (exact) mass is 275 g/mol. The van der Waals surface area contributed by atoms with Crippen molar-refractivity contribution >= 4 is 27.1 Å². The van der Waals surface area contributed by atoms with Crippen molar-refractivity contribution in [3.63, 3.8) is 0 Å². The number of hydrogen-bond acceptors (Lipinski definition) is 3. The summed E-state index contributed by atoms with van der Waals surface area (Å²) in [6.45, 7) is 5.71. The lowest BCUT2D eigenvalue weighted by atomic mass is 10.2. The summed E-state index contributed by atoms with van der Waals surface area (Å²) in [5.41, 5.74) is 1.85. The first-order chi connectivity index (χ1) is 7.83. The minimum absolute atomic E-state index is 0.135. The molecule has 0 saturated heterocycles. The average molecular weight is 276 g/mol. The molecule has 17 heavy (non-hydrogen) atoms. The minimum atomic E-state index is -2.98. The Bertz CT molecular complexity index is 483. The molecule has 1 N–H and O–H groups in total. The van der Waals surface area contributed by atoms with Crippen molar-refractivity contribution in [3.05, 3.63) is 28.8 Å². The third-order valence-electron chi connectivity index (χ3n) is 2.61. The molecule has 0 amide bonds. The van der Waals surface area contributed by atoms with Crippen LogP contribution in [0.25, 0.3) is 0 Å². The molecule has 0 aliphatic carbocycles. The Morgan fingerprint density at radius 2 is 2.00 bits per heavy atom. The molecular formula is C12H18ClNO2S. The highest BCUT2D eigenvalue weighted by Gasteiger charge is 2.15. The van der Waals surface area contributed by atoms with Crippen molar-refractivity contribution < 1.29 is 8.42 Å². The summed E-state index contributed by atoms with van der Waals surface area (Å²) in [6.07, 6.45) is 0. The fourth-order valence-electron chi connectivity index (χ4n) is 1.28. The van der Waals surface area contributed by atoms with Gasteiger partial charge < -0.3 is 5.32 Å². The first-order valence-electron chi connectivity index (χ1n) is 5.54. The molecule has 0 heterocycles. The lowest BCUT2D eigenvalue weighted by Gasteiger charge is -2.10. The van der Waals surface area contributed by atoms with Gasteiger partial charge in [0.25, 0.3) is 0 Å². The fraction of sp³-hybridized carbons (Fsp3) is 0.500. The quantitative estimate of drug-likeness (QED) is 0.899. The topological polar surface area (TPSA) is 46.2 Å². The standard InChI is InChI=1S/C12H18ClNO2S/c1-9(2)17(15,16)7-6-14-11-5-4-10(3)12(13)8-11/h4-5,8-9,14H,6-7H2,1-3H3. The van der Waals surface area contributed by atoms with Crippen LogP contribution in [-0.4, -0.2) is 26.0 Å². The van der Waals surface area contributed by atoms with Crippen LogP contribution in [-0.2, 0) is 9.84 Å². The van der Waals surface area contributed by atoms with E-state index in [9.17, 15) is 8.42 Å². The van der Waals surface area contributed by atoms with Crippen LogP contribution in [0.1, 0.15) is 19.4 Å². The Morgan fingerprint density at radius 1 is 1.35 bits per heavy atom. The van der Waals surface area contributed by atoms with E-state index in [1.807, 2.05) is 19.1 Å². The highest BCUT2D eigenvalue weighted by atomic mass is 35.5. The van der Waals surface area contributed by atoms with Crippen LogP contribution in [0.2, 0.25) is 5.02 Å². The number of nitrogens with one attached hydrogen (secondary N) is 1. The van der Waals surface area contributed by atoms with Crippen molar-refractivity contribution in [1.29, 1.82) is 0 Å². The molecule has 0 saturated carbocycles. The van der Waals surface area contributed by atoms with Gasteiger partial charge in [-0.3, -0.25) is 0 Å². The predicted molar refractivity (Wildman–Crippen MR) is 73.6 cm³/mol. The minimum Gasteiger partial charge on any atom is -0.384 e. The molecule has 0 unspecified atom stereocenters. The zero-order valence-corrected chi connectivity index (χ0v) is 11.9. The van der Waals surface area contributed by atoms with Crippen LogP contribution in [0.5, 0.6) is 0 Å². The van der Waals surface area contributed by atoms with Gasteiger partial charge in [0.1, 0.15) is 0 Å². The molecule has 5 heteroatoms. The fourth-order valence-corrected chi connectivity index (χ4v) is 2.31. The third-order valence-corrected chi connectivity index (χ3v) is 5.22. The van der Waals surface area contributed by atoms with Gasteiger partial charge in [-0.15, -0.1) is 0 Å². The lowest BCUT2D eigenvalue weighted by Crippen LogP contribution is -2.22. The highest BCUT2D eigenvalue weighted by molar-refractivity contribution is 7.92. The number of benzene rings is 1. The summed E-state index contributed by atoms with van der Waals surface area (Å²) < 4.78 is 23.2. The molecule has 1 aromatic carbocycles. The second kappa shape index (κ2) is 5.74. The van der Waals surface area contributed by atoms with Crippen LogP contribution in [0.4, 0.5) is 5.69 Å². The molecule has 0 atom stereocenters. The van der Waals surface area contributed by atoms with E-state index in [4.69, 9.17) is 11.6 Å². The maximum atomic E-state index is 11.6.